The summed E-state index contributed by atoms with van der Waals surface area (Å²) in [6.45, 7) is 8.20. The Kier molecular flexibility index (Phi) is 11.0. The van der Waals surface area contributed by atoms with E-state index >= 15 is 0 Å². The maximum absolute atomic E-state index is 11.8. The van der Waals surface area contributed by atoms with Gasteiger partial charge in [0, 0.05) is 55.9 Å². The molecule has 0 aliphatic carbocycles. The summed E-state index contributed by atoms with van der Waals surface area (Å²) in [5.41, 5.74) is 4.58. The Balaban J connectivity index is 0.00000480. The number of amides is 1. The van der Waals surface area contributed by atoms with Crippen molar-refractivity contribution in [2.75, 3.05) is 38.5 Å². The van der Waals surface area contributed by atoms with Crippen LogP contribution in [0.25, 0.3) is 11.1 Å². The van der Waals surface area contributed by atoms with Gasteiger partial charge in [-0.15, -0.1) is 12.4 Å². The van der Waals surface area contributed by atoms with Crippen molar-refractivity contribution < 1.29 is 18.1 Å². The minimum absolute atomic E-state index is 0. The summed E-state index contributed by atoms with van der Waals surface area (Å²) < 4.78 is 16.7. The highest BCUT2D eigenvalue weighted by Crippen LogP contribution is 2.30. The molecule has 2 rings (SSSR count). The Hall–Kier alpha value is -2.16. The van der Waals surface area contributed by atoms with Crippen molar-refractivity contribution in [1.29, 1.82) is 0 Å². The van der Waals surface area contributed by atoms with Crippen molar-refractivity contribution in [3.63, 3.8) is 0 Å². The van der Waals surface area contributed by atoms with Gasteiger partial charge in [-0.1, -0.05) is 43.8 Å². The highest BCUT2D eigenvalue weighted by Gasteiger charge is 2.44. The van der Waals surface area contributed by atoms with E-state index in [0.29, 0.717) is 5.57 Å². The van der Waals surface area contributed by atoms with Gasteiger partial charge < -0.3 is 23.9 Å². The fourth-order valence-corrected chi connectivity index (χ4v) is 5.52. The van der Waals surface area contributed by atoms with Crippen LogP contribution < -0.4 is 10.6 Å². The molecule has 0 saturated carbocycles. The van der Waals surface area contributed by atoms with Crippen LogP contribution in [-0.2, 0) is 18.1 Å². The average molecular weight is 465 g/mol. The van der Waals surface area contributed by atoms with E-state index in [1.165, 1.54) is 0 Å². The van der Waals surface area contributed by atoms with Crippen LogP contribution in [0.15, 0.2) is 60.7 Å². The van der Waals surface area contributed by atoms with Gasteiger partial charge in [-0.05, 0) is 37.1 Å². The van der Waals surface area contributed by atoms with Gasteiger partial charge >= 0.3 is 8.80 Å². The molecule has 1 atom stereocenters. The SMILES string of the molecule is C=C(C)C(=O)Nc1ccc(-c2ccccc2NCCC(C)[Si](OC)(OC)OC)cc1.Cl. The van der Waals surface area contributed by atoms with Crippen LogP contribution in [0.3, 0.4) is 0 Å². The van der Waals surface area contributed by atoms with Crippen molar-refractivity contribution in [1.82, 2.24) is 0 Å². The number of carbonyl (C=O) groups is 1. The molecule has 2 aromatic carbocycles. The minimum Gasteiger partial charge on any atom is -0.385 e. The summed E-state index contributed by atoms with van der Waals surface area (Å²) in [7, 11) is 2.27. The molecule has 0 fully saturated rings. The molecule has 170 valence electrons. The Morgan fingerprint density at radius 2 is 1.61 bits per heavy atom. The lowest BCUT2D eigenvalue weighted by atomic mass is 10.0. The molecule has 31 heavy (non-hydrogen) atoms. The highest BCUT2D eigenvalue weighted by atomic mass is 35.5. The standard InChI is InChI=1S/C23H32N2O4Si.ClH/c1-17(2)23(26)25-20-13-11-19(12-14-20)21-9-7-8-10-22(21)24-16-15-18(3)30(27-4,28-5)29-6;/h7-14,18,24H,1,15-16H2,2-6H3,(H,25,26);1H. The van der Waals surface area contributed by atoms with Crippen molar-refractivity contribution >= 4 is 38.5 Å². The Morgan fingerprint density at radius 3 is 2.16 bits per heavy atom. The lowest BCUT2D eigenvalue weighted by Crippen LogP contribution is -2.47. The molecule has 2 N–H and O–H groups in total. The van der Waals surface area contributed by atoms with E-state index in [-0.39, 0.29) is 23.9 Å². The zero-order valence-electron chi connectivity index (χ0n) is 18.9. The smallest absolute Gasteiger partial charge is 0.385 e. The molecule has 0 saturated heterocycles. The third kappa shape index (κ3) is 6.92. The molecule has 0 heterocycles. The quantitative estimate of drug-likeness (QED) is 0.346. The number of rotatable bonds is 11. The van der Waals surface area contributed by atoms with E-state index in [9.17, 15) is 4.79 Å². The number of halogens is 1. The van der Waals surface area contributed by atoms with Crippen LogP contribution in [0.2, 0.25) is 5.54 Å². The monoisotopic (exact) mass is 464 g/mol. The Morgan fingerprint density at radius 1 is 1.03 bits per heavy atom. The summed E-state index contributed by atoms with van der Waals surface area (Å²) in [6.07, 6.45) is 0.849. The summed E-state index contributed by atoms with van der Waals surface area (Å²) in [4.78, 5) is 11.8. The molecule has 1 amide bonds. The molecule has 8 heteroatoms. The second kappa shape index (κ2) is 12.6. The van der Waals surface area contributed by atoms with Crippen LogP contribution in [0, 0.1) is 0 Å². The lowest BCUT2D eigenvalue weighted by Gasteiger charge is -2.30. The fraction of sp³-hybridized carbons (Fsp3) is 0.348. The summed E-state index contributed by atoms with van der Waals surface area (Å²) in [6, 6.07) is 15.9. The van der Waals surface area contributed by atoms with Gasteiger partial charge in [0.1, 0.15) is 0 Å². The maximum Gasteiger partial charge on any atom is 0.503 e. The zero-order chi connectivity index (χ0) is 22.1. The van der Waals surface area contributed by atoms with Crippen LogP contribution in [0.5, 0.6) is 0 Å². The molecule has 0 aliphatic rings. The van der Waals surface area contributed by atoms with Crippen LogP contribution in [-0.4, -0.2) is 42.6 Å². The third-order valence-electron chi connectivity index (χ3n) is 5.12. The molecule has 0 aromatic heterocycles. The lowest BCUT2D eigenvalue weighted by molar-refractivity contribution is -0.112. The van der Waals surface area contributed by atoms with Crippen molar-refractivity contribution in [3.05, 3.63) is 60.7 Å². The Labute approximate surface area is 192 Å². The topological polar surface area (TPSA) is 68.8 Å². The van der Waals surface area contributed by atoms with E-state index in [1.54, 1.807) is 28.3 Å². The van der Waals surface area contributed by atoms with Crippen LogP contribution in [0.1, 0.15) is 20.3 Å². The predicted octanol–water partition coefficient (Wildman–Crippen LogP) is 5.36. The number of anilines is 2. The second-order valence-electron chi connectivity index (χ2n) is 7.19. The second-order valence-corrected chi connectivity index (χ2v) is 10.6. The van der Waals surface area contributed by atoms with E-state index < -0.39 is 8.80 Å². The maximum atomic E-state index is 11.8. The molecular weight excluding hydrogens is 432 g/mol. The predicted molar refractivity (Wildman–Crippen MR) is 132 cm³/mol. The molecule has 0 spiro atoms. The van der Waals surface area contributed by atoms with Crippen molar-refractivity contribution in [2.24, 2.45) is 0 Å². The highest BCUT2D eigenvalue weighted by molar-refractivity contribution is 6.62. The number of carbonyl (C=O) groups excluding carboxylic acids is 1. The first-order chi connectivity index (χ1) is 14.4. The summed E-state index contributed by atoms with van der Waals surface area (Å²) >= 11 is 0. The van der Waals surface area contributed by atoms with Gasteiger partial charge in [-0.3, -0.25) is 4.79 Å². The zero-order valence-corrected chi connectivity index (χ0v) is 20.7. The number of hydrogen-bond donors (Lipinski definition) is 2. The van der Waals surface area contributed by atoms with Gasteiger partial charge in [0.05, 0.1) is 0 Å². The normalized spacial score (nSPS) is 11.9. The van der Waals surface area contributed by atoms with E-state index in [1.807, 2.05) is 36.4 Å². The summed E-state index contributed by atoms with van der Waals surface area (Å²) in [5, 5.41) is 6.35. The largest absolute Gasteiger partial charge is 0.503 e. The van der Waals surface area contributed by atoms with Gasteiger partial charge in [0.15, 0.2) is 0 Å². The van der Waals surface area contributed by atoms with Gasteiger partial charge in [0.2, 0.25) is 0 Å². The fourth-order valence-electron chi connectivity index (χ4n) is 3.31. The van der Waals surface area contributed by atoms with Crippen LogP contribution >= 0.6 is 12.4 Å². The number of nitrogens with one attached hydrogen (secondary N) is 2. The first kappa shape index (κ1) is 26.9. The minimum atomic E-state index is -2.65. The average Bonchev–Trinajstić information content (AvgIpc) is 2.76. The number of benzene rings is 2. The number of para-hydroxylation sites is 1. The van der Waals surface area contributed by atoms with Gasteiger partial charge in [0.25, 0.3) is 5.91 Å². The first-order valence-electron chi connectivity index (χ1n) is 9.92. The van der Waals surface area contributed by atoms with Gasteiger partial charge in [-0.25, -0.2) is 0 Å². The van der Waals surface area contributed by atoms with E-state index in [0.717, 1.165) is 35.5 Å². The van der Waals surface area contributed by atoms with E-state index in [2.05, 4.69) is 36.3 Å². The molecule has 2 aromatic rings. The molecule has 1 unspecified atom stereocenters. The molecule has 0 aliphatic heterocycles. The Bertz CT molecular complexity index is 849. The van der Waals surface area contributed by atoms with E-state index in [4.69, 9.17) is 13.3 Å². The molecule has 0 radical (unpaired) electrons. The third-order valence-corrected chi connectivity index (χ3v) is 8.32. The van der Waals surface area contributed by atoms with Crippen molar-refractivity contribution in [2.45, 2.75) is 25.8 Å². The molecule has 0 bridgehead atoms. The van der Waals surface area contributed by atoms with Crippen molar-refractivity contribution in [3.8, 4) is 11.1 Å². The van der Waals surface area contributed by atoms with Gasteiger partial charge in [-0.2, -0.15) is 0 Å². The first-order valence-corrected chi connectivity index (χ1v) is 11.7. The number of hydrogen-bond acceptors (Lipinski definition) is 5. The van der Waals surface area contributed by atoms with Crippen LogP contribution in [0.4, 0.5) is 11.4 Å². The summed E-state index contributed by atoms with van der Waals surface area (Å²) in [5.74, 6) is -0.179. The molecule has 6 nitrogen and oxygen atoms in total. The molecular formula is C23H33ClN2O4Si.